The lowest BCUT2D eigenvalue weighted by Gasteiger charge is -2.20. The first-order valence-electron chi connectivity index (χ1n) is 13.3. The zero-order chi connectivity index (χ0) is 31.3. The van der Waals surface area contributed by atoms with Gasteiger partial charge in [-0.05, 0) is 54.6 Å². The van der Waals surface area contributed by atoms with Crippen LogP contribution in [-0.2, 0) is 16.6 Å². The minimum atomic E-state index is -3.79. The van der Waals surface area contributed by atoms with E-state index in [1.54, 1.807) is 35.0 Å². The van der Waals surface area contributed by atoms with Gasteiger partial charge in [0, 0.05) is 48.4 Å². The molecule has 0 fully saturated rings. The van der Waals surface area contributed by atoms with Crippen molar-refractivity contribution in [3.05, 3.63) is 89.9 Å². The van der Waals surface area contributed by atoms with E-state index < -0.39 is 21.7 Å². The van der Waals surface area contributed by atoms with Crippen molar-refractivity contribution in [2.45, 2.75) is 6.61 Å². The molecule has 0 aliphatic heterocycles. The van der Waals surface area contributed by atoms with E-state index in [0.29, 0.717) is 27.6 Å². The topological polar surface area (TPSA) is 150 Å². The number of pyridine rings is 2. The molecular formula is C31H26FN5O6S. The van der Waals surface area contributed by atoms with Crippen LogP contribution in [0.25, 0.3) is 50.5 Å². The fourth-order valence-electron chi connectivity index (χ4n) is 5.10. The Morgan fingerprint density at radius 2 is 1.84 bits per heavy atom. The highest BCUT2D eigenvalue weighted by molar-refractivity contribution is 7.92. The molecule has 0 saturated carbocycles. The molecule has 0 radical (unpaired) electrons. The summed E-state index contributed by atoms with van der Waals surface area (Å²) in [6.45, 7) is -0.376. The molecule has 11 nitrogen and oxygen atoms in total. The fourth-order valence-corrected chi connectivity index (χ4v) is 5.61. The van der Waals surface area contributed by atoms with Gasteiger partial charge in [0.1, 0.15) is 34.3 Å². The van der Waals surface area contributed by atoms with E-state index >= 15 is 0 Å². The summed E-state index contributed by atoms with van der Waals surface area (Å²) in [7, 11) is -0.956. The Labute approximate surface area is 250 Å². The molecular weight excluding hydrogens is 589 g/mol. The van der Waals surface area contributed by atoms with Crippen LogP contribution in [0, 0.1) is 5.82 Å². The molecule has 3 N–H and O–H groups in total. The number of hydrogen-bond acceptors (Lipinski definition) is 8. The number of benzene rings is 2. The second-order valence-corrected chi connectivity index (χ2v) is 12.1. The molecule has 44 heavy (non-hydrogen) atoms. The summed E-state index contributed by atoms with van der Waals surface area (Å²) in [6, 6.07) is 16.8. The van der Waals surface area contributed by atoms with Crippen molar-refractivity contribution in [2.24, 2.45) is 0 Å². The highest BCUT2D eigenvalue weighted by Crippen LogP contribution is 2.42. The van der Waals surface area contributed by atoms with Gasteiger partial charge < -0.3 is 19.9 Å². The van der Waals surface area contributed by atoms with Gasteiger partial charge in [0.25, 0.3) is 5.91 Å². The number of nitrogens with one attached hydrogen (secondary N) is 1. The number of halogens is 1. The van der Waals surface area contributed by atoms with Crippen LogP contribution in [0.4, 0.5) is 10.1 Å². The number of aliphatic hydroxyl groups excluding tert-OH is 1. The molecule has 0 aliphatic rings. The third-order valence-electron chi connectivity index (χ3n) is 7.38. The molecule has 6 rings (SSSR count). The molecule has 4 aromatic heterocycles. The van der Waals surface area contributed by atoms with Crippen LogP contribution < -0.4 is 9.62 Å². The fraction of sp³-hybridized carbons (Fsp3) is 0.129. The van der Waals surface area contributed by atoms with Crippen LogP contribution in [0.3, 0.4) is 0 Å². The van der Waals surface area contributed by atoms with E-state index in [1.165, 1.54) is 56.6 Å². The summed E-state index contributed by atoms with van der Waals surface area (Å²) in [5.41, 5.74) is 2.91. The average molecular weight is 616 g/mol. The Bertz CT molecular complexity index is 2190. The number of fused-ring (bicyclic) bond motifs is 2. The number of carbonyl (C=O) groups excluding carboxylic acids is 1. The van der Waals surface area contributed by atoms with Gasteiger partial charge in [-0.25, -0.2) is 22.3 Å². The van der Waals surface area contributed by atoms with E-state index in [2.05, 4.69) is 15.4 Å². The van der Waals surface area contributed by atoms with Gasteiger partial charge in [-0.3, -0.25) is 9.10 Å². The highest BCUT2D eigenvalue weighted by atomic mass is 32.2. The van der Waals surface area contributed by atoms with E-state index in [0.717, 1.165) is 10.6 Å². The third kappa shape index (κ3) is 4.81. The SMILES string of the molecule is CNC(=O)c1c(-c2ccc(F)cc2)oc2cc(N(C)S(C)(=O)=O)c(-c3ccc(O)c(-c4nn5ccccc5c4CO)n3)cc12. The van der Waals surface area contributed by atoms with Gasteiger partial charge in [-0.2, -0.15) is 5.10 Å². The number of aliphatic hydroxyl groups is 1. The zero-order valence-electron chi connectivity index (χ0n) is 23.7. The first-order chi connectivity index (χ1) is 21.0. The van der Waals surface area contributed by atoms with Crippen molar-refractivity contribution in [1.82, 2.24) is 19.9 Å². The summed E-state index contributed by atoms with van der Waals surface area (Å²) in [6.07, 6.45) is 2.74. The Morgan fingerprint density at radius 3 is 2.52 bits per heavy atom. The van der Waals surface area contributed by atoms with Crippen molar-refractivity contribution < 1.29 is 32.2 Å². The number of nitrogens with zero attached hydrogens (tertiary/aromatic N) is 4. The molecule has 6 aromatic rings. The molecule has 1 amide bonds. The molecule has 0 saturated heterocycles. The molecule has 0 aliphatic carbocycles. The molecule has 4 heterocycles. The highest BCUT2D eigenvalue weighted by Gasteiger charge is 2.27. The van der Waals surface area contributed by atoms with E-state index in [1.807, 2.05) is 0 Å². The van der Waals surface area contributed by atoms with Crippen LogP contribution in [0.1, 0.15) is 15.9 Å². The Kier molecular flexibility index (Phi) is 7.06. The van der Waals surface area contributed by atoms with Gasteiger partial charge in [0.15, 0.2) is 0 Å². The number of hydrogen-bond donors (Lipinski definition) is 3. The van der Waals surface area contributed by atoms with E-state index in [9.17, 15) is 27.8 Å². The molecule has 224 valence electrons. The maximum atomic E-state index is 13.7. The second kappa shape index (κ2) is 10.8. The van der Waals surface area contributed by atoms with Crippen LogP contribution in [0.5, 0.6) is 5.75 Å². The van der Waals surface area contributed by atoms with Crippen LogP contribution in [0.2, 0.25) is 0 Å². The summed E-state index contributed by atoms with van der Waals surface area (Å²) >= 11 is 0. The number of aromatic nitrogens is 3. The lowest BCUT2D eigenvalue weighted by molar-refractivity contribution is 0.0964. The number of amides is 1. The number of carbonyl (C=O) groups is 1. The minimum absolute atomic E-state index is 0.0639. The van der Waals surface area contributed by atoms with Crippen molar-refractivity contribution in [3.63, 3.8) is 0 Å². The Morgan fingerprint density at radius 1 is 1.09 bits per heavy atom. The first kappa shape index (κ1) is 28.8. The van der Waals surface area contributed by atoms with Crippen LogP contribution in [-0.4, -0.2) is 59.5 Å². The number of anilines is 1. The smallest absolute Gasteiger partial charge is 0.255 e. The molecule has 0 unspecified atom stereocenters. The predicted molar refractivity (Wildman–Crippen MR) is 163 cm³/mol. The van der Waals surface area contributed by atoms with Crippen LogP contribution >= 0.6 is 0 Å². The Balaban J connectivity index is 1.64. The van der Waals surface area contributed by atoms with Crippen molar-refractivity contribution in [3.8, 4) is 39.7 Å². The molecule has 2 aromatic carbocycles. The largest absolute Gasteiger partial charge is 0.506 e. The van der Waals surface area contributed by atoms with Gasteiger partial charge in [-0.1, -0.05) is 6.07 Å². The summed E-state index contributed by atoms with van der Waals surface area (Å²) in [5, 5.41) is 28.5. The monoisotopic (exact) mass is 615 g/mol. The quantitative estimate of drug-likeness (QED) is 0.236. The summed E-state index contributed by atoms with van der Waals surface area (Å²) in [4.78, 5) is 17.9. The molecule has 13 heteroatoms. The number of sulfonamides is 1. The zero-order valence-corrected chi connectivity index (χ0v) is 24.6. The van der Waals surface area contributed by atoms with E-state index in [4.69, 9.17) is 4.42 Å². The van der Waals surface area contributed by atoms with Crippen LogP contribution in [0.15, 0.2) is 77.3 Å². The number of aromatic hydroxyl groups is 1. The summed E-state index contributed by atoms with van der Waals surface area (Å²) in [5.74, 6) is -0.982. The normalized spacial score (nSPS) is 11.8. The van der Waals surface area contributed by atoms with Crippen molar-refractivity contribution in [2.75, 3.05) is 24.7 Å². The molecule has 0 bridgehead atoms. The standard InChI is InChI=1S/C31H26FN5O6S/c1-33-31(40)27-20-14-19(22-11-12-25(39)29(34-22)28-21(16-38)23-6-4-5-13-37(23)35-28)24(36(2)44(3,41)42)15-26(20)43-30(27)17-7-9-18(32)10-8-17/h4-15,38-39H,16H2,1-3H3,(H,33,40). The average Bonchev–Trinajstić information content (AvgIpc) is 3.58. The van der Waals surface area contributed by atoms with Gasteiger partial charge in [-0.15, -0.1) is 0 Å². The molecule has 0 spiro atoms. The number of furan rings is 1. The third-order valence-corrected chi connectivity index (χ3v) is 8.57. The predicted octanol–water partition coefficient (Wildman–Crippen LogP) is 4.57. The number of rotatable bonds is 7. The molecule has 0 atom stereocenters. The Hall–Kier alpha value is -5.27. The van der Waals surface area contributed by atoms with Gasteiger partial charge in [0.2, 0.25) is 10.0 Å². The lowest BCUT2D eigenvalue weighted by atomic mass is 10.00. The maximum absolute atomic E-state index is 13.7. The van der Waals surface area contributed by atoms with E-state index in [-0.39, 0.29) is 52.0 Å². The van der Waals surface area contributed by atoms with Crippen molar-refractivity contribution in [1.29, 1.82) is 0 Å². The van der Waals surface area contributed by atoms with Gasteiger partial charge in [0.05, 0.1) is 35.3 Å². The first-order valence-corrected chi connectivity index (χ1v) is 15.2. The van der Waals surface area contributed by atoms with Gasteiger partial charge >= 0.3 is 0 Å². The lowest BCUT2D eigenvalue weighted by Crippen LogP contribution is -2.25. The summed E-state index contributed by atoms with van der Waals surface area (Å²) < 4.78 is 47.9. The minimum Gasteiger partial charge on any atom is -0.506 e. The second-order valence-electron chi connectivity index (χ2n) is 10.1. The van der Waals surface area contributed by atoms with Crippen molar-refractivity contribution >= 4 is 38.1 Å². The maximum Gasteiger partial charge on any atom is 0.255 e.